The molecule has 0 bridgehead atoms. The number of urea groups is 1. The van der Waals surface area contributed by atoms with Gasteiger partial charge in [-0.25, -0.2) is 4.79 Å². The monoisotopic (exact) mass is 548 g/mol. The fraction of sp³-hybridized carbons (Fsp3) is 0.267. The molecule has 0 atom stereocenters. The summed E-state index contributed by atoms with van der Waals surface area (Å²) in [4.78, 5) is 33.6. The lowest BCUT2D eigenvalue weighted by atomic mass is 10.1. The number of nitrogens with zero attached hydrogens (tertiary/aromatic N) is 2. The third kappa shape index (κ3) is 6.32. The summed E-state index contributed by atoms with van der Waals surface area (Å²) in [5.41, 5.74) is 4.92. The number of benzene rings is 3. The van der Waals surface area contributed by atoms with Crippen molar-refractivity contribution in [2.75, 3.05) is 18.4 Å². The van der Waals surface area contributed by atoms with Gasteiger partial charge in [0.15, 0.2) is 0 Å². The van der Waals surface area contributed by atoms with Crippen LogP contribution in [0.3, 0.4) is 0 Å². The summed E-state index contributed by atoms with van der Waals surface area (Å²) in [5, 5.41) is 5.02. The molecule has 0 unspecified atom stereocenters. The smallest absolute Gasteiger partial charge is 0.322 e. The van der Waals surface area contributed by atoms with Crippen molar-refractivity contribution in [3.8, 4) is 0 Å². The van der Waals surface area contributed by atoms with Crippen molar-refractivity contribution >= 4 is 51.7 Å². The van der Waals surface area contributed by atoms with Crippen LogP contribution in [0.4, 0.5) is 10.5 Å². The number of para-hydroxylation sites is 1. The fourth-order valence-corrected chi connectivity index (χ4v) is 4.90. The van der Waals surface area contributed by atoms with Gasteiger partial charge >= 0.3 is 6.03 Å². The van der Waals surface area contributed by atoms with Gasteiger partial charge < -0.3 is 20.1 Å². The van der Waals surface area contributed by atoms with Crippen LogP contribution >= 0.6 is 23.2 Å². The van der Waals surface area contributed by atoms with Crippen molar-refractivity contribution in [1.82, 2.24) is 14.8 Å². The molecule has 2 N–H and O–H groups in total. The number of carbonyl (C=O) groups is 2. The minimum absolute atomic E-state index is 0.0115. The van der Waals surface area contributed by atoms with Crippen LogP contribution in [0, 0.1) is 6.92 Å². The minimum Gasteiger partial charge on any atom is -0.361 e. The molecular formula is C30H30Cl2N4O2. The maximum Gasteiger partial charge on any atom is 0.322 e. The molecule has 0 radical (unpaired) electrons. The minimum atomic E-state index is -0.254. The zero-order valence-corrected chi connectivity index (χ0v) is 22.7. The predicted octanol–water partition coefficient (Wildman–Crippen LogP) is 7.05. The second-order valence-corrected chi connectivity index (χ2v) is 10.6. The summed E-state index contributed by atoms with van der Waals surface area (Å²) in [7, 11) is 0. The van der Waals surface area contributed by atoms with Crippen molar-refractivity contribution in [3.63, 3.8) is 0 Å². The summed E-state index contributed by atoms with van der Waals surface area (Å²) < 4.78 is 0. The first-order chi connectivity index (χ1) is 18.4. The van der Waals surface area contributed by atoms with Crippen LogP contribution in [0.1, 0.15) is 29.5 Å². The highest BCUT2D eigenvalue weighted by atomic mass is 35.5. The molecule has 1 heterocycles. The van der Waals surface area contributed by atoms with E-state index in [4.69, 9.17) is 23.2 Å². The summed E-state index contributed by atoms with van der Waals surface area (Å²) in [6, 6.07) is 21.0. The van der Waals surface area contributed by atoms with Gasteiger partial charge in [0, 0.05) is 41.9 Å². The Balaban J connectivity index is 1.33. The Kier molecular flexibility index (Phi) is 7.91. The van der Waals surface area contributed by atoms with Crippen molar-refractivity contribution in [1.29, 1.82) is 0 Å². The zero-order valence-electron chi connectivity index (χ0n) is 21.2. The maximum atomic E-state index is 13.7. The quantitative estimate of drug-likeness (QED) is 0.235. The second-order valence-electron chi connectivity index (χ2n) is 9.83. The number of aromatic amines is 1. The first-order valence-corrected chi connectivity index (χ1v) is 13.5. The SMILES string of the molecule is Cc1ccc(NC(=O)N(CC(=O)N(CCc2c[nH]c3ccccc23)Cc2ccc(Cl)c(Cl)c2)C2CC2)cc1. The van der Waals surface area contributed by atoms with Gasteiger partial charge in [-0.15, -0.1) is 0 Å². The second kappa shape index (κ2) is 11.5. The molecular weight excluding hydrogens is 519 g/mol. The van der Waals surface area contributed by atoms with Gasteiger partial charge in [0.05, 0.1) is 10.0 Å². The predicted molar refractivity (Wildman–Crippen MR) is 154 cm³/mol. The Hall–Kier alpha value is -3.48. The summed E-state index contributed by atoms with van der Waals surface area (Å²) in [6.45, 7) is 2.88. The van der Waals surface area contributed by atoms with E-state index < -0.39 is 0 Å². The third-order valence-corrected chi connectivity index (χ3v) is 7.63. The number of anilines is 1. The van der Waals surface area contributed by atoms with Gasteiger partial charge in [0.25, 0.3) is 0 Å². The number of hydrogen-bond acceptors (Lipinski definition) is 2. The van der Waals surface area contributed by atoms with E-state index in [-0.39, 0.29) is 24.5 Å². The van der Waals surface area contributed by atoms with Crippen LogP contribution in [0.2, 0.25) is 10.0 Å². The summed E-state index contributed by atoms with van der Waals surface area (Å²) >= 11 is 12.4. The number of carbonyl (C=O) groups excluding carboxylic acids is 2. The molecule has 6 nitrogen and oxygen atoms in total. The number of rotatable bonds is 9. The van der Waals surface area contributed by atoms with Crippen LogP contribution < -0.4 is 5.32 Å². The first kappa shape index (κ1) is 26.1. The Labute approximate surface area is 232 Å². The topological polar surface area (TPSA) is 68.4 Å². The number of nitrogens with one attached hydrogen (secondary N) is 2. The summed E-state index contributed by atoms with van der Waals surface area (Å²) in [5.74, 6) is -0.109. The number of H-pyrrole nitrogens is 1. The van der Waals surface area contributed by atoms with E-state index in [9.17, 15) is 9.59 Å². The van der Waals surface area contributed by atoms with Crippen LogP contribution in [-0.4, -0.2) is 45.9 Å². The standard InChI is InChI=1S/C30H30Cl2N4O2/c1-20-6-9-23(10-7-20)34-30(38)36(24-11-12-24)19-29(37)35(18-21-8-13-26(31)27(32)16-21)15-14-22-17-33-28-5-3-2-4-25(22)28/h2-10,13,16-17,24,33H,11-12,14-15,18-19H2,1H3,(H,34,38). The Morgan fingerprint density at radius 2 is 1.76 bits per heavy atom. The molecule has 3 amide bonds. The van der Waals surface area contributed by atoms with E-state index in [0.29, 0.717) is 35.2 Å². The molecule has 1 aliphatic carbocycles. The van der Waals surface area contributed by atoms with Crippen LogP contribution in [-0.2, 0) is 17.8 Å². The molecule has 1 fully saturated rings. The molecule has 1 saturated carbocycles. The van der Waals surface area contributed by atoms with Gasteiger partial charge in [0.2, 0.25) is 5.91 Å². The molecule has 1 aliphatic rings. The van der Waals surface area contributed by atoms with Gasteiger partial charge in [-0.3, -0.25) is 4.79 Å². The zero-order chi connectivity index (χ0) is 26.6. The van der Waals surface area contributed by atoms with Gasteiger partial charge in [0.1, 0.15) is 6.54 Å². The molecule has 8 heteroatoms. The summed E-state index contributed by atoms with van der Waals surface area (Å²) in [6.07, 6.45) is 4.47. The number of aryl methyl sites for hydroxylation is 1. The first-order valence-electron chi connectivity index (χ1n) is 12.8. The Morgan fingerprint density at radius 1 is 1.00 bits per heavy atom. The van der Waals surface area contributed by atoms with Crippen LogP contribution in [0.5, 0.6) is 0 Å². The molecule has 0 saturated heterocycles. The lowest BCUT2D eigenvalue weighted by molar-refractivity contribution is -0.132. The van der Waals surface area contributed by atoms with Crippen LogP contribution in [0.25, 0.3) is 10.9 Å². The van der Waals surface area contributed by atoms with Crippen molar-refractivity contribution in [2.24, 2.45) is 0 Å². The van der Waals surface area contributed by atoms with Crippen molar-refractivity contribution < 1.29 is 9.59 Å². The highest BCUT2D eigenvalue weighted by molar-refractivity contribution is 6.42. The van der Waals surface area contributed by atoms with E-state index in [0.717, 1.165) is 40.4 Å². The molecule has 4 aromatic rings. The van der Waals surface area contributed by atoms with E-state index in [2.05, 4.69) is 16.4 Å². The maximum absolute atomic E-state index is 13.7. The lowest BCUT2D eigenvalue weighted by Gasteiger charge is -2.28. The molecule has 1 aromatic heterocycles. The molecule has 0 aliphatic heterocycles. The highest BCUT2D eigenvalue weighted by Crippen LogP contribution is 2.28. The number of hydrogen-bond donors (Lipinski definition) is 2. The van der Waals surface area contributed by atoms with E-state index in [1.165, 1.54) is 0 Å². The number of halogens is 2. The number of amides is 3. The average molecular weight is 550 g/mol. The molecule has 3 aromatic carbocycles. The van der Waals surface area contributed by atoms with Gasteiger partial charge in [-0.05, 0) is 67.6 Å². The fourth-order valence-electron chi connectivity index (χ4n) is 4.58. The molecule has 0 spiro atoms. The average Bonchev–Trinajstić information content (AvgIpc) is 3.67. The van der Waals surface area contributed by atoms with E-state index >= 15 is 0 Å². The molecule has 38 heavy (non-hydrogen) atoms. The van der Waals surface area contributed by atoms with Crippen LogP contribution in [0.15, 0.2) is 72.9 Å². The lowest BCUT2D eigenvalue weighted by Crippen LogP contribution is -2.45. The van der Waals surface area contributed by atoms with Gasteiger partial charge in [-0.1, -0.05) is 65.2 Å². The largest absolute Gasteiger partial charge is 0.361 e. The third-order valence-electron chi connectivity index (χ3n) is 6.89. The Morgan fingerprint density at radius 3 is 2.50 bits per heavy atom. The van der Waals surface area contributed by atoms with Gasteiger partial charge in [-0.2, -0.15) is 0 Å². The number of fused-ring (bicyclic) bond motifs is 1. The highest BCUT2D eigenvalue weighted by Gasteiger charge is 2.35. The van der Waals surface area contributed by atoms with Crippen molar-refractivity contribution in [3.05, 3.63) is 99.7 Å². The number of aromatic nitrogens is 1. The molecule has 5 rings (SSSR count). The Bertz CT molecular complexity index is 1450. The molecule has 196 valence electrons. The van der Waals surface area contributed by atoms with E-state index in [1.807, 2.05) is 61.7 Å². The van der Waals surface area contributed by atoms with Crippen molar-refractivity contribution in [2.45, 2.75) is 38.8 Å². The normalized spacial score (nSPS) is 12.9. The van der Waals surface area contributed by atoms with E-state index in [1.54, 1.807) is 21.9 Å².